The highest BCUT2D eigenvalue weighted by Gasteiger charge is 2.23. The van der Waals surface area contributed by atoms with Crippen LogP contribution in [0.4, 0.5) is 5.69 Å². The lowest BCUT2D eigenvalue weighted by atomic mass is 9.97. The molecule has 2 aromatic heterocycles. The zero-order valence-corrected chi connectivity index (χ0v) is 24.0. The first-order chi connectivity index (χ1) is 20.5. The summed E-state index contributed by atoms with van der Waals surface area (Å²) in [4.78, 5) is 20.6. The number of carbonyl (C=O) groups is 1. The molecule has 1 aliphatic heterocycles. The Morgan fingerprint density at radius 1 is 0.833 bits per heavy atom. The molecule has 42 heavy (non-hydrogen) atoms. The average Bonchev–Trinajstić information content (AvgIpc) is 3.63. The summed E-state index contributed by atoms with van der Waals surface area (Å²) in [5.41, 5.74) is 5.54. The highest BCUT2D eigenvalue weighted by molar-refractivity contribution is 6.18. The molecule has 8 nitrogen and oxygen atoms in total. The maximum atomic E-state index is 12.5. The highest BCUT2D eigenvalue weighted by atomic mass is 16.1. The SMILES string of the molecule is Cc1c[nH]c2ccccc12.N=C(CCc1c[nH]c2ccccc12)N(C(=N)CNC(=O)C1CCNCC1)c1ccccc1. The van der Waals surface area contributed by atoms with Crippen LogP contribution in [0.2, 0.25) is 0 Å². The van der Waals surface area contributed by atoms with Crippen LogP contribution >= 0.6 is 0 Å². The molecule has 0 spiro atoms. The minimum Gasteiger partial charge on any atom is -0.361 e. The maximum absolute atomic E-state index is 12.5. The van der Waals surface area contributed by atoms with Crippen molar-refractivity contribution in [3.63, 3.8) is 0 Å². The number of nitrogens with zero attached hydrogens (tertiary/aromatic N) is 1. The molecule has 0 bridgehead atoms. The van der Waals surface area contributed by atoms with E-state index in [0.29, 0.717) is 18.7 Å². The van der Waals surface area contributed by atoms with Crippen molar-refractivity contribution in [3.05, 3.63) is 102 Å². The Labute approximate surface area is 246 Å². The number of anilines is 1. The van der Waals surface area contributed by atoms with Gasteiger partial charge < -0.3 is 20.6 Å². The molecule has 1 saturated heterocycles. The van der Waals surface area contributed by atoms with Gasteiger partial charge in [-0.1, -0.05) is 54.6 Å². The Morgan fingerprint density at radius 3 is 2.17 bits per heavy atom. The number of carbonyl (C=O) groups excluding carboxylic acids is 1. The summed E-state index contributed by atoms with van der Waals surface area (Å²) in [5.74, 6) is 0.523. The molecule has 0 saturated carbocycles. The van der Waals surface area contributed by atoms with Gasteiger partial charge in [-0.05, 0) is 74.7 Å². The Kier molecular flexibility index (Phi) is 9.46. The van der Waals surface area contributed by atoms with Crippen molar-refractivity contribution in [2.75, 3.05) is 24.5 Å². The summed E-state index contributed by atoms with van der Waals surface area (Å²) < 4.78 is 0. The van der Waals surface area contributed by atoms with Crippen molar-refractivity contribution in [2.24, 2.45) is 5.92 Å². The molecular weight excluding hydrogens is 522 g/mol. The second kappa shape index (κ2) is 13.8. The number of benzene rings is 3. The van der Waals surface area contributed by atoms with Gasteiger partial charge in [0.05, 0.1) is 6.54 Å². The Balaban J connectivity index is 0.000000295. The molecule has 8 heteroatoms. The summed E-state index contributed by atoms with van der Waals surface area (Å²) in [5, 5.41) is 26.1. The van der Waals surface area contributed by atoms with Crippen LogP contribution in [-0.4, -0.2) is 47.2 Å². The first-order valence-corrected chi connectivity index (χ1v) is 14.6. The smallest absolute Gasteiger partial charge is 0.223 e. The third kappa shape index (κ3) is 6.95. The number of amides is 1. The first-order valence-electron chi connectivity index (χ1n) is 14.6. The number of hydrogen-bond acceptors (Lipinski definition) is 4. The van der Waals surface area contributed by atoms with Crippen molar-refractivity contribution in [2.45, 2.75) is 32.6 Å². The number of aromatic amines is 2. The monoisotopic (exact) mass is 561 g/mol. The number of H-pyrrole nitrogens is 2. The van der Waals surface area contributed by atoms with Crippen LogP contribution in [0, 0.1) is 23.7 Å². The summed E-state index contributed by atoms with van der Waals surface area (Å²) in [7, 11) is 0. The van der Waals surface area contributed by atoms with Gasteiger partial charge in [0.25, 0.3) is 0 Å². The van der Waals surface area contributed by atoms with E-state index in [-0.39, 0.29) is 24.2 Å². The molecule has 0 radical (unpaired) electrons. The van der Waals surface area contributed by atoms with Crippen LogP contribution in [0.15, 0.2) is 91.3 Å². The van der Waals surface area contributed by atoms with Crippen LogP contribution in [0.5, 0.6) is 0 Å². The maximum Gasteiger partial charge on any atom is 0.223 e. The quantitative estimate of drug-likeness (QED) is 0.105. The van der Waals surface area contributed by atoms with E-state index in [1.807, 2.05) is 67.0 Å². The fourth-order valence-electron chi connectivity index (χ4n) is 5.45. The van der Waals surface area contributed by atoms with Crippen molar-refractivity contribution in [1.82, 2.24) is 20.6 Å². The van der Waals surface area contributed by atoms with E-state index < -0.39 is 0 Å². The van der Waals surface area contributed by atoms with Crippen LogP contribution in [0.25, 0.3) is 21.8 Å². The van der Waals surface area contributed by atoms with Crippen molar-refractivity contribution in [3.8, 4) is 0 Å². The molecule has 0 unspecified atom stereocenters. The number of aryl methyl sites for hydroxylation is 2. The summed E-state index contributed by atoms with van der Waals surface area (Å²) in [6, 6.07) is 26.0. The number of piperidine rings is 1. The molecule has 1 fully saturated rings. The number of rotatable bonds is 7. The van der Waals surface area contributed by atoms with Crippen molar-refractivity contribution < 1.29 is 4.79 Å². The summed E-state index contributed by atoms with van der Waals surface area (Å²) in [6.45, 7) is 3.92. The average molecular weight is 562 g/mol. The molecule has 5 aromatic rings. The zero-order valence-electron chi connectivity index (χ0n) is 24.0. The minimum absolute atomic E-state index is 0.00412. The largest absolute Gasteiger partial charge is 0.361 e. The van der Waals surface area contributed by atoms with E-state index in [9.17, 15) is 4.79 Å². The molecule has 1 amide bonds. The standard InChI is InChI=1S/C25H30N6O.C9H9N/c26-23(11-10-19-16-29-22-9-5-4-8-21(19)22)31(20-6-2-1-3-7-20)24(27)17-30-25(32)18-12-14-28-15-13-18;1-7-6-10-9-5-3-2-4-8(7)9/h1-9,16,18,26-29H,10-15,17H2,(H,30,32);2-6,10H,1H3. The summed E-state index contributed by atoms with van der Waals surface area (Å²) in [6.07, 6.45) is 6.85. The van der Waals surface area contributed by atoms with E-state index in [1.54, 1.807) is 4.90 Å². The van der Waals surface area contributed by atoms with E-state index in [0.717, 1.165) is 48.1 Å². The summed E-state index contributed by atoms with van der Waals surface area (Å²) >= 11 is 0. The molecule has 0 atom stereocenters. The van der Waals surface area contributed by atoms with Crippen LogP contribution in [-0.2, 0) is 11.2 Å². The van der Waals surface area contributed by atoms with Crippen molar-refractivity contribution >= 4 is 45.1 Å². The topological polar surface area (TPSA) is 124 Å². The normalized spacial score (nSPS) is 13.4. The van der Waals surface area contributed by atoms with Crippen LogP contribution in [0.3, 0.4) is 0 Å². The predicted molar refractivity (Wildman–Crippen MR) is 173 cm³/mol. The van der Waals surface area contributed by atoms with Gasteiger partial charge in [-0.3, -0.25) is 20.5 Å². The van der Waals surface area contributed by atoms with E-state index >= 15 is 0 Å². The van der Waals surface area contributed by atoms with E-state index in [4.69, 9.17) is 10.8 Å². The van der Waals surface area contributed by atoms with Gasteiger partial charge in [0.1, 0.15) is 11.7 Å². The van der Waals surface area contributed by atoms with Gasteiger partial charge in [-0.2, -0.15) is 0 Å². The Bertz CT molecular complexity index is 1650. The highest BCUT2D eigenvalue weighted by Crippen LogP contribution is 2.21. The van der Waals surface area contributed by atoms with E-state index in [1.165, 1.54) is 16.5 Å². The Morgan fingerprint density at radius 2 is 1.45 bits per heavy atom. The number of nitrogens with one attached hydrogen (secondary N) is 6. The molecular formula is C34H39N7O. The van der Waals surface area contributed by atoms with Gasteiger partial charge in [0, 0.05) is 52.2 Å². The number of para-hydroxylation sites is 3. The van der Waals surface area contributed by atoms with Crippen LogP contribution < -0.4 is 15.5 Å². The second-order valence-electron chi connectivity index (χ2n) is 10.7. The number of fused-ring (bicyclic) bond motifs is 2. The molecule has 3 aromatic carbocycles. The molecule has 6 N–H and O–H groups in total. The third-order valence-electron chi connectivity index (χ3n) is 7.80. The second-order valence-corrected chi connectivity index (χ2v) is 10.7. The first kappa shape index (κ1) is 28.8. The molecule has 3 heterocycles. The van der Waals surface area contributed by atoms with Gasteiger partial charge in [-0.25, -0.2) is 0 Å². The van der Waals surface area contributed by atoms with Gasteiger partial charge in [0.2, 0.25) is 5.91 Å². The number of aromatic nitrogens is 2. The van der Waals surface area contributed by atoms with E-state index in [2.05, 4.69) is 51.8 Å². The lowest BCUT2D eigenvalue weighted by Gasteiger charge is -2.27. The van der Waals surface area contributed by atoms with Crippen molar-refractivity contribution in [1.29, 1.82) is 10.8 Å². The fourth-order valence-corrected chi connectivity index (χ4v) is 5.45. The fraction of sp³-hybridized carbons (Fsp3) is 0.265. The van der Waals surface area contributed by atoms with Gasteiger partial charge >= 0.3 is 0 Å². The van der Waals surface area contributed by atoms with Gasteiger partial charge in [-0.15, -0.1) is 0 Å². The lowest BCUT2D eigenvalue weighted by molar-refractivity contribution is -0.125. The molecule has 1 aliphatic rings. The predicted octanol–water partition coefficient (Wildman–Crippen LogP) is 6.15. The lowest BCUT2D eigenvalue weighted by Crippen LogP contribution is -2.45. The van der Waals surface area contributed by atoms with Crippen LogP contribution in [0.1, 0.15) is 30.4 Å². The Hall–Kier alpha value is -4.69. The minimum atomic E-state index is -0.00501. The zero-order chi connectivity index (χ0) is 29.3. The number of amidine groups is 2. The third-order valence-corrected chi connectivity index (χ3v) is 7.80. The van der Waals surface area contributed by atoms with Gasteiger partial charge in [0.15, 0.2) is 0 Å². The molecule has 0 aliphatic carbocycles. The molecule has 6 rings (SSSR count). The molecule has 216 valence electrons. The number of hydrogen-bond donors (Lipinski definition) is 6.